The van der Waals surface area contributed by atoms with Crippen molar-refractivity contribution in [3.63, 3.8) is 0 Å². The summed E-state index contributed by atoms with van der Waals surface area (Å²) in [6, 6.07) is 2.77. The van der Waals surface area contributed by atoms with E-state index >= 15 is 0 Å². The van der Waals surface area contributed by atoms with Crippen molar-refractivity contribution in [2.75, 3.05) is 6.61 Å². The van der Waals surface area contributed by atoms with Crippen LogP contribution in [0.1, 0.15) is 13.8 Å². The monoisotopic (exact) mass is 245 g/mol. The largest absolute Gasteiger partial charge is 0.476 e. The normalized spacial score (nSPS) is 12.5. The second kappa shape index (κ2) is 4.36. The van der Waals surface area contributed by atoms with Crippen LogP contribution in [-0.4, -0.2) is 25.5 Å². The van der Waals surface area contributed by atoms with E-state index in [1.165, 1.54) is 12.1 Å². The maximum atomic E-state index is 10.9. The Morgan fingerprint density at radius 1 is 1.44 bits per heavy atom. The van der Waals surface area contributed by atoms with E-state index in [1.807, 2.05) is 13.8 Å². The number of hydrogen-bond acceptors (Lipinski definition) is 5. The number of primary sulfonamides is 1. The third kappa shape index (κ3) is 4.13. The number of ether oxygens (including phenoxy) is 1. The Hall–Kier alpha value is -1.18. The average Bonchev–Trinajstić information content (AvgIpc) is 2.13. The Bertz CT molecular complexity index is 448. The fraction of sp³-hybridized carbons (Fsp3) is 0.444. The molecule has 4 N–H and O–H groups in total. The Morgan fingerprint density at radius 2 is 2.06 bits per heavy atom. The molecule has 0 bridgehead atoms. The molecule has 0 aromatic carbocycles. The minimum Gasteiger partial charge on any atom is -0.476 e. The number of rotatable bonds is 4. The van der Waals surface area contributed by atoms with Crippen LogP contribution in [-0.2, 0) is 10.0 Å². The van der Waals surface area contributed by atoms with Gasteiger partial charge >= 0.3 is 0 Å². The molecule has 0 saturated carbocycles. The zero-order chi connectivity index (χ0) is 12.4. The van der Waals surface area contributed by atoms with Crippen molar-refractivity contribution in [2.24, 2.45) is 10.9 Å². The molecule has 0 atom stereocenters. The molecular formula is C9H15N3O3S. The second-order valence-electron chi connectivity index (χ2n) is 4.15. The predicted octanol–water partition coefficient (Wildman–Crippen LogP) is -0.155. The number of nitrogens with two attached hydrogens (primary N) is 2. The molecule has 1 aromatic rings. The lowest BCUT2D eigenvalue weighted by Gasteiger charge is -2.18. The van der Waals surface area contributed by atoms with Gasteiger partial charge in [-0.1, -0.05) is 0 Å². The summed E-state index contributed by atoms with van der Waals surface area (Å²) in [5, 5.41) is 4.92. The Balaban J connectivity index is 2.73. The SMILES string of the molecule is CC(C)(N)COc1ccc(S(N)(=O)=O)cn1. The maximum Gasteiger partial charge on any atom is 0.239 e. The van der Waals surface area contributed by atoms with Gasteiger partial charge in [-0.3, -0.25) is 0 Å². The van der Waals surface area contributed by atoms with E-state index in [9.17, 15) is 8.42 Å². The van der Waals surface area contributed by atoms with Crippen molar-refractivity contribution in [1.29, 1.82) is 0 Å². The van der Waals surface area contributed by atoms with E-state index in [0.29, 0.717) is 5.88 Å². The van der Waals surface area contributed by atoms with Crippen LogP contribution >= 0.6 is 0 Å². The van der Waals surface area contributed by atoms with Crippen molar-refractivity contribution in [2.45, 2.75) is 24.3 Å². The van der Waals surface area contributed by atoms with Crippen LogP contribution in [0.5, 0.6) is 5.88 Å². The van der Waals surface area contributed by atoms with Gasteiger partial charge in [0.1, 0.15) is 11.5 Å². The third-order valence-electron chi connectivity index (χ3n) is 1.63. The summed E-state index contributed by atoms with van der Waals surface area (Å²) < 4.78 is 27.1. The lowest BCUT2D eigenvalue weighted by Crippen LogP contribution is -2.38. The molecule has 1 rings (SSSR count). The van der Waals surface area contributed by atoms with Crippen LogP contribution in [0.25, 0.3) is 0 Å². The topological polar surface area (TPSA) is 108 Å². The molecule has 1 heterocycles. The summed E-state index contributed by atoms with van der Waals surface area (Å²) in [7, 11) is -3.71. The van der Waals surface area contributed by atoms with Crippen molar-refractivity contribution < 1.29 is 13.2 Å². The minimum absolute atomic E-state index is 0.0492. The van der Waals surface area contributed by atoms with Gasteiger partial charge < -0.3 is 10.5 Å². The van der Waals surface area contributed by atoms with Crippen LogP contribution in [0, 0.1) is 0 Å². The highest BCUT2D eigenvalue weighted by Gasteiger charge is 2.13. The van der Waals surface area contributed by atoms with E-state index < -0.39 is 15.6 Å². The van der Waals surface area contributed by atoms with Gasteiger partial charge in [-0.25, -0.2) is 18.5 Å². The maximum absolute atomic E-state index is 10.9. The summed E-state index contributed by atoms with van der Waals surface area (Å²) >= 11 is 0. The summed E-state index contributed by atoms with van der Waals surface area (Å²) in [5.74, 6) is 0.311. The lowest BCUT2D eigenvalue weighted by atomic mass is 10.1. The number of aromatic nitrogens is 1. The summed E-state index contributed by atoms with van der Waals surface area (Å²) in [6.07, 6.45) is 1.15. The molecule has 0 aliphatic carbocycles. The Kier molecular flexibility index (Phi) is 3.51. The van der Waals surface area contributed by atoms with E-state index in [2.05, 4.69) is 4.98 Å². The van der Waals surface area contributed by atoms with Crippen molar-refractivity contribution in [1.82, 2.24) is 4.98 Å². The smallest absolute Gasteiger partial charge is 0.239 e. The molecule has 1 aromatic heterocycles. The molecule has 7 heteroatoms. The van der Waals surface area contributed by atoms with Gasteiger partial charge in [-0.05, 0) is 19.9 Å². The van der Waals surface area contributed by atoms with Crippen LogP contribution < -0.4 is 15.6 Å². The summed E-state index contributed by atoms with van der Waals surface area (Å²) in [5.41, 5.74) is 5.24. The van der Waals surface area contributed by atoms with Gasteiger partial charge in [0.05, 0.1) is 6.20 Å². The highest BCUT2D eigenvalue weighted by atomic mass is 32.2. The van der Waals surface area contributed by atoms with Gasteiger partial charge in [-0.2, -0.15) is 0 Å². The number of pyridine rings is 1. The Labute approximate surface area is 94.7 Å². The lowest BCUT2D eigenvalue weighted by molar-refractivity contribution is 0.235. The fourth-order valence-corrected chi connectivity index (χ4v) is 1.34. The highest BCUT2D eigenvalue weighted by Crippen LogP contribution is 2.11. The zero-order valence-electron chi connectivity index (χ0n) is 9.17. The molecule has 6 nitrogen and oxygen atoms in total. The molecule has 0 saturated heterocycles. The predicted molar refractivity (Wildman–Crippen MR) is 59.4 cm³/mol. The first-order valence-corrected chi connectivity index (χ1v) is 6.14. The molecule has 0 radical (unpaired) electrons. The first-order chi connectivity index (χ1) is 7.18. The molecule has 0 unspecified atom stereocenters. The highest BCUT2D eigenvalue weighted by molar-refractivity contribution is 7.89. The average molecular weight is 245 g/mol. The summed E-state index contributed by atoms with van der Waals surface area (Å²) in [4.78, 5) is 3.76. The quantitative estimate of drug-likeness (QED) is 0.766. The molecule has 0 amide bonds. The van der Waals surface area contributed by atoms with Gasteiger partial charge in [0, 0.05) is 11.6 Å². The van der Waals surface area contributed by atoms with E-state index in [1.54, 1.807) is 0 Å². The van der Waals surface area contributed by atoms with E-state index in [4.69, 9.17) is 15.6 Å². The van der Waals surface area contributed by atoms with Crippen molar-refractivity contribution >= 4 is 10.0 Å². The molecule has 0 fully saturated rings. The number of sulfonamides is 1. The minimum atomic E-state index is -3.71. The van der Waals surface area contributed by atoms with Crippen molar-refractivity contribution in [3.8, 4) is 5.88 Å². The summed E-state index contributed by atoms with van der Waals surface area (Å²) in [6.45, 7) is 3.91. The van der Waals surface area contributed by atoms with Gasteiger partial charge in [0.25, 0.3) is 0 Å². The van der Waals surface area contributed by atoms with Gasteiger partial charge in [0.15, 0.2) is 0 Å². The third-order valence-corrected chi connectivity index (χ3v) is 2.53. The number of hydrogen-bond donors (Lipinski definition) is 2. The molecule has 90 valence electrons. The van der Waals surface area contributed by atoms with Crippen LogP contribution in [0.2, 0.25) is 0 Å². The van der Waals surface area contributed by atoms with Crippen LogP contribution in [0.15, 0.2) is 23.2 Å². The van der Waals surface area contributed by atoms with Crippen LogP contribution in [0.3, 0.4) is 0 Å². The Morgan fingerprint density at radius 3 is 2.44 bits per heavy atom. The molecular weight excluding hydrogens is 230 g/mol. The van der Waals surface area contributed by atoms with Crippen LogP contribution in [0.4, 0.5) is 0 Å². The first kappa shape index (κ1) is 12.9. The molecule has 16 heavy (non-hydrogen) atoms. The number of nitrogens with zero attached hydrogens (tertiary/aromatic N) is 1. The standard InChI is InChI=1S/C9H15N3O3S/c1-9(2,10)6-15-8-4-3-7(5-12-8)16(11,13)14/h3-5H,6,10H2,1-2H3,(H2,11,13,14). The fourth-order valence-electron chi connectivity index (χ4n) is 0.880. The molecule has 0 aliphatic heterocycles. The van der Waals surface area contributed by atoms with Gasteiger partial charge in [-0.15, -0.1) is 0 Å². The molecule has 0 aliphatic rings. The van der Waals surface area contributed by atoms with E-state index in [-0.39, 0.29) is 11.5 Å². The van der Waals surface area contributed by atoms with Gasteiger partial charge in [0.2, 0.25) is 15.9 Å². The zero-order valence-corrected chi connectivity index (χ0v) is 9.99. The molecule has 0 spiro atoms. The van der Waals surface area contributed by atoms with E-state index in [0.717, 1.165) is 6.20 Å². The second-order valence-corrected chi connectivity index (χ2v) is 5.72. The van der Waals surface area contributed by atoms with Crippen molar-refractivity contribution in [3.05, 3.63) is 18.3 Å². The first-order valence-electron chi connectivity index (χ1n) is 4.59.